The molecule has 0 aliphatic heterocycles. The van der Waals surface area contributed by atoms with Crippen LogP contribution < -0.4 is 4.90 Å². The van der Waals surface area contributed by atoms with Crippen molar-refractivity contribution in [3.05, 3.63) is 211 Å². The molecule has 284 valence electrons. The highest BCUT2D eigenvalue weighted by Crippen LogP contribution is 2.52. The van der Waals surface area contributed by atoms with Crippen molar-refractivity contribution < 1.29 is 8.83 Å². The molecule has 0 saturated carbocycles. The lowest BCUT2D eigenvalue weighted by Gasteiger charge is -2.30. The van der Waals surface area contributed by atoms with E-state index in [1.807, 2.05) is 6.07 Å². The molecule has 0 fully saturated rings. The zero-order valence-corrected chi connectivity index (χ0v) is 33.3. The summed E-state index contributed by atoms with van der Waals surface area (Å²) >= 11 is 0. The second-order valence-corrected chi connectivity index (χ2v) is 16.5. The van der Waals surface area contributed by atoms with Gasteiger partial charge in [-0.15, -0.1) is 0 Å². The molecule has 0 amide bonds. The first-order chi connectivity index (χ1) is 29.5. The van der Waals surface area contributed by atoms with Gasteiger partial charge in [0.05, 0.1) is 5.69 Å². The predicted octanol–water partition coefficient (Wildman–Crippen LogP) is 16.3. The van der Waals surface area contributed by atoms with Gasteiger partial charge in [-0.3, -0.25) is 0 Å². The Morgan fingerprint density at radius 1 is 0.350 bits per heavy atom. The first-order valence-corrected chi connectivity index (χ1v) is 20.7. The number of para-hydroxylation sites is 2. The Bertz CT molecular complexity index is 3450. The van der Waals surface area contributed by atoms with Crippen LogP contribution in [-0.2, 0) is 5.41 Å². The molecule has 0 unspecified atom stereocenters. The summed E-state index contributed by atoms with van der Waals surface area (Å²) in [5.74, 6) is 0. The van der Waals surface area contributed by atoms with Crippen LogP contribution in [-0.4, -0.2) is 0 Å². The molecule has 3 heteroatoms. The molecule has 12 rings (SSSR count). The molecule has 9 aromatic carbocycles. The van der Waals surface area contributed by atoms with Gasteiger partial charge in [-0.2, -0.15) is 0 Å². The van der Waals surface area contributed by atoms with Gasteiger partial charge < -0.3 is 13.7 Å². The molecule has 2 heterocycles. The van der Waals surface area contributed by atoms with E-state index in [-0.39, 0.29) is 5.41 Å². The molecule has 1 aliphatic carbocycles. The summed E-state index contributed by atoms with van der Waals surface area (Å²) < 4.78 is 13.4. The standard InChI is InChI=1S/C57H39NO2/c1-57(2)50-22-11-9-19-44(50)45-30-28-41(33-51(45)57)58(52-23-12-10-18-42(52)39-26-24-37(25-27-39)36-14-5-3-6-15-36)40-29-31-53-47(32-40)49-35-55-48(34-54(49)59-53)46-21-13-20-43(56(46)60-55)38-16-7-4-8-17-38/h3-35H,1-2H3. The fourth-order valence-electron chi connectivity index (χ4n) is 9.68. The molecule has 0 N–H and O–H groups in total. The van der Waals surface area contributed by atoms with Crippen LogP contribution in [0.25, 0.3) is 88.4 Å². The minimum atomic E-state index is -0.149. The number of anilines is 3. The highest BCUT2D eigenvalue weighted by Gasteiger charge is 2.36. The van der Waals surface area contributed by atoms with E-state index < -0.39 is 0 Å². The minimum absolute atomic E-state index is 0.149. The van der Waals surface area contributed by atoms with E-state index in [4.69, 9.17) is 8.83 Å². The molecule has 3 nitrogen and oxygen atoms in total. The lowest BCUT2D eigenvalue weighted by Crippen LogP contribution is -2.16. The second kappa shape index (κ2) is 13.2. The van der Waals surface area contributed by atoms with Gasteiger partial charge in [0.15, 0.2) is 0 Å². The van der Waals surface area contributed by atoms with Crippen molar-refractivity contribution in [2.75, 3.05) is 4.90 Å². The third-order valence-electron chi connectivity index (χ3n) is 12.7. The first-order valence-electron chi connectivity index (χ1n) is 20.7. The van der Waals surface area contributed by atoms with E-state index in [9.17, 15) is 0 Å². The van der Waals surface area contributed by atoms with Crippen LogP contribution in [0, 0.1) is 0 Å². The number of nitrogens with zero attached hydrogens (tertiary/aromatic N) is 1. The molecule has 0 saturated heterocycles. The molecule has 0 radical (unpaired) electrons. The Morgan fingerprint density at radius 2 is 0.900 bits per heavy atom. The number of hydrogen-bond acceptors (Lipinski definition) is 3. The van der Waals surface area contributed by atoms with Crippen LogP contribution in [0.2, 0.25) is 0 Å². The third kappa shape index (κ3) is 5.29. The highest BCUT2D eigenvalue weighted by atomic mass is 16.3. The van der Waals surface area contributed by atoms with Gasteiger partial charge in [-0.05, 0) is 93.0 Å². The Labute approximate surface area is 348 Å². The summed E-state index contributed by atoms with van der Waals surface area (Å²) in [6.45, 7) is 4.69. The molecular formula is C57H39NO2. The number of furan rings is 2. The van der Waals surface area contributed by atoms with Crippen molar-refractivity contribution in [2.24, 2.45) is 0 Å². The second-order valence-electron chi connectivity index (χ2n) is 16.5. The lowest BCUT2D eigenvalue weighted by atomic mass is 9.82. The fraction of sp³-hybridized carbons (Fsp3) is 0.0526. The Balaban J connectivity index is 1.05. The number of benzene rings is 9. The SMILES string of the molecule is CC1(C)c2ccccc2-c2ccc(N(c3ccc4oc5cc6c(cc5c4c3)oc3c(-c4ccccc4)cccc36)c3ccccc3-c3ccc(-c4ccccc4)cc3)cc21. The van der Waals surface area contributed by atoms with Gasteiger partial charge in [0.25, 0.3) is 0 Å². The number of rotatable bonds is 6. The summed E-state index contributed by atoms with van der Waals surface area (Å²) in [5, 5.41) is 4.19. The van der Waals surface area contributed by atoms with Crippen molar-refractivity contribution >= 4 is 60.9 Å². The fourth-order valence-corrected chi connectivity index (χ4v) is 9.68. The van der Waals surface area contributed by atoms with Crippen LogP contribution in [0.3, 0.4) is 0 Å². The Morgan fingerprint density at radius 3 is 1.70 bits per heavy atom. The quantitative estimate of drug-likeness (QED) is 0.169. The highest BCUT2D eigenvalue weighted by molar-refractivity contribution is 6.17. The molecule has 0 bridgehead atoms. The van der Waals surface area contributed by atoms with Crippen LogP contribution >= 0.6 is 0 Å². The number of hydrogen-bond donors (Lipinski definition) is 0. The summed E-state index contributed by atoms with van der Waals surface area (Å²) in [6, 6.07) is 71.9. The lowest BCUT2D eigenvalue weighted by molar-refractivity contribution is 0.660. The maximum absolute atomic E-state index is 6.72. The smallest absolute Gasteiger partial charge is 0.143 e. The summed E-state index contributed by atoms with van der Waals surface area (Å²) in [7, 11) is 0. The minimum Gasteiger partial charge on any atom is -0.456 e. The van der Waals surface area contributed by atoms with Gasteiger partial charge in [-0.25, -0.2) is 0 Å². The van der Waals surface area contributed by atoms with Crippen LogP contribution in [0.4, 0.5) is 17.1 Å². The van der Waals surface area contributed by atoms with Crippen molar-refractivity contribution in [2.45, 2.75) is 19.3 Å². The monoisotopic (exact) mass is 769 g/mol. The summed E-state index contributed by atoms with van der Waals surface area (Å²) in [5.41, 5.74) is 18.7. The molecule has 11 aromatic rings. The zero-order valence-electron chi connectivity index (χ0n) is 33.3. The van der Waals surface area contributed by atoms with Gasteiger partial charge in [0, 0.05) is 49.5 Å². The van der Waals surface area contributed by atoms with Gasteiger partial charge in [-0.1, -0.05) is 166 Å². The Kier molecular flexibility index (Phi) is 7.58. The van der Waals surface area contributed by atoms with Crippen molar-refractivity contribution in [1.82, 2.24) is 0 Å². The predicted molar refractivity (Wildman–Crippen MR) is 250 cm³/mol. The van der Waals surface area contributed by atoms with Crippen LogP contribution in [0.5, 0.6) is 0 Å². The van der Waals surface area contributed by atoms with Crippen LogP contribution in [0.1, 0.15) is 25.0 Å². The van der Waals surface area contributed by atoms with E-state index >= 15 is 0 Å². The first kappa shape index (κ1) is 34.4. The van der Waals surface area contributed by atoms with E-state index in [1.165, 1.54) is 33.4 Å². The Hall–Kier alpha value is -7.62. The molecule has 0 spiro atoms. The largest absolute Gasteiger partial charge is 0.456 e. The summed E-state index contributed by atoms with van der Waals surface area (Å²) in [4.78, 5) is 2.42. The van der Waals surface area contributed by atoms with Gasteiger partial charge in [0.1, 0.15) is 22.3 Å². The zero-order chi connectivity index (χ0) is 40.0. The van der Waals surface area contributed by atoms with Gasteiger partial charge in [0.2, 0.25) is 0 Å². The molecule has 0 atom stereocenters. The maximum atomic E-state index is 6.72. The van der Waals surface area contributed by atoms with Crippen LogP contribution in [0.15, 0.2) is 209 Å². The average Bonchev–Trinajstić information content (AvgIpc) is 3.93. The molecule has 2 aromatic heterocycles. The molecule has 1 aliphatic rings. The van der Waals surface area contributed by atoms with Crippen molar-refractivity contribution in [3.63, 3.8) is 0 Å². The topological polar surface area (TPSA) is 29.5 Å². The normalized spacial score (nSPS) is 13.0. The van der Waals surface area contributed by atoms with Crippen molar-refractivity contribution in [3.8, 4) is 44.5 Å². The molecular weight excluding hydrogens is 731 g/mol. The van der Waals surface area contributed by atoms with E-state index in [0.29, 0.717) is 0 Å². The van der Waals surface area contributed by atoms with E-state index in [2.05, 4.69) is 213 Å². The maximum Gasteiger partial charge on any atom is 0.143 e. The number of fused-ring (bicyclic) bond motifs is 9. The average molecular weight is 770 g/mol. The van der Waals surface area contributed by atoms with E-state index in [0.717, 1.165) is 83.2 Å². The summed E-state index contributed by atoms with van der Waals surface area (Å²) in [6.07, 6.45) is 0. The molecule has 60 heavy (non-hydrogen) atoms. The van der Waals surface area contributed by atoms with Crippen molar-refractivity contribution in [1.29, 1.82) is 0 Å². The third-order valence-corrected chi connectivity index (χ3v) is 12.7. The van der Waals surface area contributed by atoms with Gasteiger partial charge >= 0.3 is 0 Å². The van der Waals surface area contributed by atoms with E-state index in [1.54, 1.807) is 0 Å².